The van der Waals surface area contributed by atoms with Crippen molar-refractivity contribution in [2.75, 3.05) is 9.80 Å². The summed E-state index contributed by atoms with van der Waals surface area (Å²) in [7, 11) is 0. The molecule has 0 saturated heterocycles. The largest absolute Gasteiger partial charge is 0.339 e. The zero-order chi connectivity index (χ0) is 45.5. The molecule has 2 heterocycles. The van der Waals surface area contributed by atoms with Gasteiger partial charge in [-0.05, 0) is 142 Å². The van der Waals surface area contributed by atoms with Crippen molar-refractivity contribution in [1.82, 2.24) is 0 Å². The molecule has 2 aliphatic heterocycles. The number of anilines is 4. The average Bonchev–Trinajstić information content (AvgIpc) is 3.31. The van der Waals surface area contributed by atoms with Crippen molar-refractivity contribution in [1.29, 1.82) is 0 Å². The van der Waals surface area contributed by atoms with Gasteiger partial charge in [0.1, 0.15) is 0 Å². The van der Waals surface area contributed by atoms with Crippen LogP contribution >= 0.6 is 0 Å². The second-order valence-electron chi connectivity index (χ2n) is 23.9. The van der Waals surface area contributed by atoms with Crippen LogP contribution in [0.1, 0.15) is 155 Å². The summed E-state index contributed by atoms with van der Waals surface area (Å²) in [5, 5.41) is 0. The average molecular weight is 859 g/mol. The molecular formula is C62H75BN2. The Hall–Kier alpha value is -4.76. The van der Waals surface area contributed by atoms with Crippen LogP contribution in [-0.4, -0.2) is 18.8 Å². The van der Waals surface area contributed by atoms with Gasteiger partial charge in [-0.2, -0.15) is 0 Å². The number of hydrogen-bond donors (Lipinski definition) is 0. The normalized spacial score (nSPS) is 23.6. The van der Waals surface area contributed by atoms with Gasteiger partial charge in [0.2, 0.25) is 0 Å². The number of rotatable bonds is 7. The van der Waals surface area contributed by atoms with Crippen LogP contribution in [0.15, 0.2) is 150 Å². The van der Waals surface area contributed by atoms with Crippen LogP contribution in [0, 0.1) is 5.41 Å². The van der Waals surface area contributed by atoms with Crippen LogP contribution in [0.25, 0.3) is 0 Å². The van der Waals surface area contributed by atoms with Crippen LogP contribution in [-0.2, 0) is 16.2 Å². The van der Waals surface area contributed by atoms with Gasteiger partial charge in [-0.3, -0.25) is 0 Å². The summed E-state index contributed by atoms with van der Waals surface area (Å²) in [5.41, 5.74) is 17.4. The summed E-state index contributed by atoms with van der Waals surface area (Å²) in [5.74, 6) is 1.35. The highest BCUT2D eigenvalue weighted by molar-refractivity contribution is 6.81. The van der Waals surface area contributed by atoms with Gasteiger partial charge < -0.3 is 9.80 Å². The van der Waals surface area contributed by atoms with Crippen molar-refractivity contribution in [3.05, 3.63) is 173 Å². The predicted octanol–water partition coefficient (Wildman–Crippen LogP) is 16.3. The summed E-state index contributed by atoms with van der Waals surface area (Å²) in [6.07, 6.45) is 28.7. The van der Waals surface area contributed by atoms with Gasteiger partial charge in [0.25, 0.3) is 0 Å². The van der Waals surface area contributed by atoms with Gasteiger partial charge in [0, 0.05) is 39.6 Å². The summed E-state index contributed by atoms with van der Waals surface area (Å²) >= 11 is 0. The Morgan fingerprint density at radius 2 is 1.22 bits per heavy atom. The Balaban J connectivity index is 1.21. The highest BCUT2D eigenvalue weighted by Gasteiger charge is 2.55. The number of allylic oxidation sites excluding steroid dienone is 7. The van der Waals surface area contributed by atoms with Crippen molar-refractivity contribution in [3.63, 3.8) is 0 Å². The summed E-state index contributed by atoms with van der Waals surface area (Å²) in [6.45, 7) is 24.4. The molecule has 6 aliphatic rings. The van der Waals surface area contributed by atoms with Crippen molar-refractivity contribution in [2.24, 2.45) is 5.41 Å². The molecule has 2 nitrogen and oxygen atoms in total. The van der Waals surface area contributed by atoms with Gasteiger partial charge in [0.05, 0.1) is 6.04 Å². The quantitative estimate of drug-likeness (QED) is 0.135. The third-order valence-electron chi connectivity index (χ3n) is 17.1. The molecule has 0 N–H and O–H groups in total. The van der Waals surface area contributed by atoms with Crippen LogP contribution in [0.5, 0.6) is 0 Å². The second kappa shape index (κ2) is 16.5. The molecule has 0 aromatic heterocycles. The molecule has 3 unspecified atom stereocenters. The van der Waals surface area contributed by atoms with Gasteiger partial charge >= 0.3 is 0 Å². The molecule has 0 bridgehead atoms. The van der Waals surface area contributed by atoms with Gasteiger partial charge in [-0.1, -0.05) is 191 Å². The Morgan fingerprint density at radius 3 is 1.85 bits per heavy atom. The smallest absolute Gasteiger partial charge is 0.196 e. The molecule has 3 heteroatoms. The van der Waals surface area contributed by atoms with E-state index in [2.05, 4.69) is 213 Å². The topological polar surface area (TPSA) is 6.48 Å². The fourth-order valence-electron chi connectivity index (χ4n) is 13.0. The molecule has 1 fully saturated rings. The molecule has 0 radical (unpaired) electrons. The van der Waals surface area contributed by atoms with Crippen LogP contribution in [0.4, 0.5) is 22.7 Å². The molecule has 1 saturated carbocycles. The molecule has 4 atom stereocenters. The first-order chi connectivity index (χ1) is 31.0. The van der Waals surface area contributed by atoms with E-state index >= 15 is 0 Å². The zero-order valence-corrected chi connectivity index (χ0v) is 41.4. The first-order valence-electron chi connectivity index (χ1n) is 25.5. The fourth-order valence-corrected chi connectivity index (χ4v) is 13.0. The molecule has 0 amide bonds. The maximum Gasteiger partial charge on any atom is 0.196 e. The highest BCUT2D eigenvalue weighted by Crippen LogP contribution is 2.57. The standard InChI is InChI=1S/C62H75BN2/c1-59(2,3)44-26-32-50(33-27-44)64-55-37-31-49(62(9,10)46-24-18-13-19-25-46)41-53(55)63-52-40-48(60(4,5)6)30-36-54(52)65(57-39-43(38-56(64)58(57)63)42-20-14-11-15-21-42)51-34-28-47(29-35-51)61(7,8)45-22-16-12-17-23-45/h13,16,18-19,22-36,38-40,42,52-55H,11-12,14-15,17,20-21,37,41H2,1-10H3/t52?,53?,54?,55-/m1/s1. The number of nitrogens with zero attached hydrogens (tertiary/aromatic N) is 2. The van der Waals surface area contributed by atoms with Gasteiger partial charge in [0.15, 0.2) is 6.71 Å². The molecule has 4 aromatic rings. The van der Waals surface area contributed by atoms with E-state index in [1.165, 1.54) is 82.7 Å². The second-order valence-corrected chi connectivity index (χ2v) is 23.9. The molecule has 0 spiro atoms. The van der Waals surface area contributed by atoms with E-state index in [1.54, 1.807) is 16.6 Å². The lowest BCUT2D eigenvalue weighted by Gasteiger charge is -2.57. The summed E-state index contributed by atoms with van der Waals surface area (Å²) < 4.78 is 0. The number of benzene rings is 4. The lowest BCUT2D eigenvalue weighted by Crippen LogP contribution is -2.63. The maximum atomic E-state index is 2.87. The Labute approximate surface area is 393 Å². The molecule has 4 aliphatic carbocycles. The number of hydrogen-bond acceptors (Lipinski definition) is 2. The highest BCUT2D eigenvalue weighted by atomic mass is 15.2. The Kier molecular flexibility index (Phi) is 11.2. The maximum absolute atomic E-state index is 2.87. The van der Waals surface area contributed by atoms with Crippen molar-refractivity contribution >= 4 is 34.9 Å². The lowest BCUT2D eigenvalue weighted by molar-refractivity contribution is 0.443. The SMILES string of the molecule is CC(C)(C)C1=CC2B3c4c(cc(C5CCCCC5)cc4N(c4ccc(C(C)(C)C)cc4)[C@@H]4CC=C(C(C)(C)c5ccccc5)CC34)N(c3ccc(C(C)(C)C4=CCCC=C4)cc3)C2C=C1. The summed E-state index contributed by atoms with van der Waals surface area (Å²) in [4.78, 5) is 5.67. The van der Waals surface area contributed by atoms with Crippen molar-refractivity contribution in [2.45, 2.75) is 173 Å². The fraction of sp³-hybridized carbons (Fsp3) is 0.452. The van der Waals surface area contributed by atoms with E-state index in [0.29, 0.717) is 30.3 Å². The number of fused-ring (bicyclic) bond motifs is 4. The minimum atomic E-state index is -0.0582. The minimum Gasteiger partial charge on any atom is -0.339 e. The van der Waals surface area contributed by atoms with E-state index in [9.17, 15) is 0 Å². The first kappa shape index (κ1) is 44.1. The van der Waals surface area contributed by atoms with E-state index in [-0.39, 0.29) is 27.7 Å². The predicted molar refractivity (Wildman–Crippen MR) is 282 cm³/mol. The first-order valence-corrected chi connectivity index (χ1v) is 25.5. The van der Waals surface area contributed by atoms with Crippen LogP contribution in [0.3, 0.4) is 0 Å². The molecule has 65 heavy (non-hydrogen) atoms. The Bertz CT molecular complexity index is 2560. The van der Waals surface area contributed by atoms with Crippen molar-refractivity contribution < 1.29 is 0 Å². The third kappa shape index (κ3) is 7.85. The van der Waals surface area contributed by atoms with Crippen LogP contribution in [0.2, 0.25) is 11.6 Å². The Morgan fingerprint density at radius 1 is 0.585 bits per heavy atom. The zero-order valence-electron chi connectivity index (χ0n) is 41.4. The summed E-state index contributed by atoms with van der Waals surface area (Å²) in [6, 6.07) is 36.9. The minimum absolute atomic E-state index is 0.0531. The lowest BCUT2D eigenvalue weighted by atomic mass is 9.24. The van der Waals surface area contributed by atoms with Gasteiger partial charge in [-0.25, -0.2) is 0 Å². The van der Waals surface area contributed by atoms with E-state index in [4.69, 9.17) is 0 Å². The molecule has 336 valence electrons. The molecule has 4 aromatic carbocycles. The van der Waals surface area contributed by atoms with Gasteiger partial charge in [-0.15, -0.1) is 0 Å². The third-order valence-corrected chi connectivity index (χ3v) is 17.1. The molecule has 10 rings (SSSR count). The van der Waals surface area contributed by atoms with Crippen molar-refractivity contribution in [3.8, 4) is 0 Å². The monoisotopic (exact) mass is 859 g/mol. The van der Waals surface area contributed by atoms with E-state index in [1.807, 2.05) is 0 Å². The molecular weight excluding hydrogens is 784 g/mol. The van der Waals surface area contributed by atoms with E-state index in [0.717, 1.165) is 25.7 Å². The van der Waals surface area contributed by atoms with Crippen LogP contribution < -0.4 is 15.3 Å². The van der Waals surface area contributed by atoms with E-state index < -0.39 is 0 Å².